The lowest BCUT2D eigenvalue weighted by Gasteiger charge is -2.30. The third-order valence-corrected chi connectivity index (χ3v) is 2.77. The first-order chi connectivity index (χ1) is 7.38. The quantitative estimate of drug-likeness (QED) is 0.686. The van der Waals surface area contributed by atoms with Crippen LogP contribution in [0.3, 0.4) is 0 Å². The van der Waals surface area contributed by atoms with Crippen molar-refractivity contribution in [2.75, 3.05) is 13.1 Å². The number of nitrogens with zero attached hydrogens (tertiary/aromatic N) is 1. The largest absolute Gasteiger partial charge is 0.392 e. The van der Waals surface area contributed by atoms with E-state index in [1.54, 1.807) is 18.7 Å². The summed E-state index contributed by atoms with van der Waals surface area (Å²) in [4.78, 5) is 13.1. The fraction of sp³-hybridized carbons (Fsp3) is 0.917. The van der Waals surface area contributed by atoms with Crippen molar-refractivity contribution < 1.29 is 9.90 Å². The summed E-state index contributed by atoms with van der Waals surface area (Å²) in [6.45, 7) is 10.7. The van der Waals surface area contributed by atoms with Crippen molar-refractivity contribution in [3.63, 3.8) is 0 Å². The van der Waals surface area contributed by atoms with Gasteiger partial charge in [0.05, 0.1) is 6.10 Å². The summed E-state index contributed by atoms with van der Waals surface area (Å²) in [6.07, 6.45) is 0.596. The van der Waals surface area contributed by atoms with Gasteiger partial charge in [0.25, 0.3) is 0 Å². The lowest BCUT2D eigenvalue weighted by molar-refractivity contribution is -0.132. The molecule has 0 aliphatic heterocycles. The van der Waals surface area contributed by atoms with Gasteiger partial charge in [0.15, 0.2) is 0 Å². The van der Waals surface area contributed by atoms with E-state index >= 15 is 0 Å². The van der Waals surface area contributed by atoms with Crippen LogP contribution in [0.2, 0.25) is 0 Å². The molecule has 0 aromatic heterocycles. The maximum Gasteiger partial charge on any atom is 0.219 e. The first-order valence-corrected chi connectivity index (χ1v) is 6.07. The molecule has 0 bridgehead atoms. The van der Waals surface area contributed by atoms with Gasteiger partial charge in [0.1, 0.15) is 0 Å². The predicted octanol–water partition coefficient (Wildman–Crippen LogP) is 0.992. The van der Waals surface area contributed by atoms with E-state index < -0.39 is 6.10 Å². The number of hydrogen-bond donors (Lipinski definition) is 2. The predicted molar refractivity (Wildman–Crippen MR) is 66.3 cm³/mol. The molecule has 4 heteroatoms. The van der Waals surface area contributed by atoms with Crippen LogP contribution in [0.15, 0.2) is 0 Å². The molecule has 1 amide bonds. The second-order valence-electron chi connectivity index (χ2n) is 4.59. The van der Waals surface area contributed by atoms with Gasteiger partial charge in [-0.15, -0.1) is 0 Å². The molecule has 0 rings (SSSR count). The highest BCUT2D eigenvalue weighted by Crippen LogP contribution is 2.02. The number of hydrogen-bond acceptors (Lipinski definition) is 3. The van der Waals surface area contributed by atoms with Crippen molar-refractivity contribution in [3.05, 3.63) is 0 Å². The molecule has 4 nitrogen and oxygen atoms in total. The van der Waals surface area contributed by atoms with Crippen molar-refractivity contribution in [1.82, 2.24) is 10.2 Å². The van der Waals surface area contributed by atoms with E-state index in [0.717, 1.165) is 13.0 Å². The first-order valence-electron chi connectivity index (χ1n) is 6.07. The molecule has 0 aromatic rings. The SMILES string of the molecule is CCC(C)NC[C@@H](C)N(CC(C)O)C(C)=O. The number of amides is 1. The summed E-state index contributed by atoms with van der Waals surface area (Å²) in [5.41, 5.74) is 0. The summed E-state index contributed by atoms with van der Waals surface area (Å²) in [6, 6.07) is 0.573. The van der Waals surface area contributed by atoms with Crippen LogP contribution in [0.1, 0.15) is 41.0 Å². The summed E-state index contributed by atoms with van der Waals surface area (Å²) < 4.78 is 0. The molecule has 0 radical (unpaired) electrons. The van der Waals surface area contributed by atoms with Gasteiger partial charge >= 0.3 is 0 Å². The lowest BCUT2D eigenvalue weighted by Crippen LogP contribution is -2.47. The molecular formula is C12H26N2O2. The molecule has 0 aliphatic rings. The second kappa shape index (κ2) is 7.63. The normalized spacial score (nSPS) is 16.6. The Bertz CT molecular complexity index is 207. The van der Waals surface area contributed by atoms with Crippen LogP contribution in [-0.2, 0) is 4.79 Å². The highest BCUT2D eigenvalue weighted by atomic mass is 16.3. The molecule has 0 aliphatic carbocycles. The average Bonchev–Trinajstić information content (AvgIpc) is 2.21. The molecule has 0 saturated heterocycles. The van der Waals surface area contributed by atoms with Crippen LogP contribution in [-0.4, -0.2) is 47.2 Å². The zero-order valence-electron chi connectivity index (χ0n) is 11.2. The number of carbonyl (C=O) groups excluding carboxylic acids is 1. The van der Waals surface area contributed by atoms with Gasteiger partial charge in [-0.2, -0.15) is 0 Å². The Balaban J connectivity index is 4.17. The highest BCUT2D eigenvalue weighted by molar-refractivity contribution is 5.73. The molecule has 2 unspecified atom stereocenters. The zero-order valence-corrected chi connectivity index (χ0v) is 11.2. The van der Waals surface area contributed by atoms with E-state index in [9.17, 15) is 9.90 Å². The molecule has 96 valence electrons. The van der Waals surface area contributed by atoms with Crippen LogP contribution >= 0.6 is 0 Å². The van der Waals surface area contributed by atoms with Crippen molar-refractivity contribution in [3.8, 4) is 0 Å². The number of aliphatic hydroxyl groups excluding tert-OH is 1. The van der Waals surface area contributed by atoms with Crippen LogP contribution < -0.4 is 5.32 Å². The van der Waals surface area contributed by atoms with E-state index in [4.69, 9.17) is 0 Å². The Kier molecular flexibility index (Phi) is 7.34. The molecule has 16 heavy (non-hydrogen) atoms. The summed E-state index contributed by atoms with van der Waals surface area (Å²) in [5.74, 6) is 0.0133. The second-order valence-corrected chi connectivity index (χ2v) is 4.59. The standard InChI is InChI=1S/C12H26N2O2/c1-6-9(2)13-7-10(3)14(12(5)16)8-11(4)15/h9-11,13,15H,6-8H2,1-5H3/t9?,10-,11?/m1/s1. The molecular weight excluding hydrogens is 204 g/mol. The van der Waals surface area contributed by atoms with Crippen molar-refractivity contribution >= 4 is 5.91 Å². The van der Waals surface area contributed by atoms with Crippen molar-refractivity contribution in [1.29, 1.82) is 0 Å². The van der Waals surface area contributed by atoms with E-state index in [2.05, 4.69) is 19.2 Å². The third kappa shape index (κ3) is 6.08. The minimum absolute atomic E-state index is 0.0133. The van der Waals surface area contributed by atoms with E-state index in [0.29, 0.717) is 12.6 Å². The Morgan fingerprint density at radius 2 is 1.94 bits per heavy atom. The molecule has 0 aromatic carbocycles. The number of rotatable bonds is 7. The monoisotopic (exact) mass is 230 g/mol. The Morgan fingerprint density at radius 3 is 2.31 bits per heavy atom. The number of aliphatic hydroxyl groups is 1. The van der Waals surface area contributed by atoms with Crippen LogP contribution in [0, 0.1) is 0 Å². The van der Waals surface area contributed by atoms with Crippen molar-refractivity contribution in [2.24, 2.45) is 0 Å². The summed E-state index contributed by atoms with van der Waals surface area (Å²) in [5, 5.41) is 12.7. The fourth-order valence-electron chi connectivity index (χ4n) is 1.53. The first kappa shape index (κ1) is 15.4. The maximum absolute atomic E-state index is 11.4. The van der Waals surface area contributed by atoms with Gasteiger partial charge in [0, 0.05) is 32.1 Å². The van der Waals surface area contributed by atoms with Gasteiger partial charge in [-0.1, -0.05) is 6.92 Å². The Labute approximate surface area is 99.0 Å². The summed E-state index contributed by atoms with van der Waals surface area (Å²) in [7, 11) is 0. The summed E-state index contributed by atoms with van der Waals surface area (Å²) >= 11 is 0. The smallest absolute Gasteiger partial charge is 0.219 e. The van der Waals surface area contributed by atoms with Gasteiger partial charge in [-0.3, -0.25) is 4.79 Å². The van der Waals surface area contributed by atoms with Gasteiger partial charge in [-0.05, 0) is 27.2 Å². The van der Waals surface area contributed by atoms with Crippen LogP contribution in [0.25, 0.3) is 0 Å². The molecule has 0 spiro atoms. The molecule has 0 heterocycles. The van der Waals surface area contributed by atoms with Gasteiger partial charge < -0.3 is 15.3 Å². The lowest BCUT2D eigenvalue weighted by atomic mass is 10.2. The highest BCUT2D eigenvalue weighted by Gasteiger charge is 2.18. The maximum atomic E-state index is 11.4. The molecule has 0 fully saturated rings. The van der Waals surface area contributed by atoms with Gasteiger partial charge in [0.2, 0.25) is 5.91 Å². The van der Waals surface area contributed by atoms with E-state index in [-0.39, 0.29) is 11.9 Å². The molecule has 2 N–H and O–H groups in total. The van der Waals surface area contributed by atoms with Gasteiger partial charge in [-0.25, -0.2) is 0 Å². The van der Waals surface area contributed by atoms with Crippen molar-refractivity contribution in [2.45, 2.75) is 59.2 Å². The Hall–Kier alpha value is -0.610. The fourth-order valence-corrected chi connectivity index (χ4v) is 1.53. The van der Waals surface area contributed by atoms with E-state index in [1.165, 1.54) is 0 Å². The average molecular weight is 230 g/mol. The molecule has 3 atom stereocenters. The minimum Gasteiger partial charge on any atom is -0.392 e. The zero-order chi connectivity index (χ0) is 12.7. The number of carbonyl (C=O) groups is 1. The van der Waals surface area contributed by atoms with Crippen LogP contribution in [0.5, 0.6) is 0 Å². The Morgan fingerprint density at radius 1 is 1.38 bits per heavy atom. The molecule has 0 saturated carbocycles. The van der Waals surface area contributed by atoms with Crippen LogP contribution in [0.4, 0.5) is 0 Å². The van der Waals surface area contributed by atoms with E-state index in [1.807, 2.05) is 6.92 Å². The minimum atomic E-state index is -0.477. The number of nitrogens with one attached hydrogen (secondary N) is 1. The third-order valence-electron chi connectivity index (χ3n) is 2.77. The topological polar surface area (TPSA) is 52.6 Å².